The van der Waals surface area contributed by atoms with Crippen molar-refractivity contribution in [2.75, 3.05) is 13.7 Å². The van der Waals surface area contributed by atoms with Gasteiger partial charge in [0.15, 0.2) is 0 Å². The second-order valence-corrected chi connectivity index (χ2v) is 4.89. The van der Waals surface area contributed by atoms with Crippen LogP contribution in [-0.4, -0.2) is 25.5 Å². The fourth-order valence-electron chi connectivity index (χ4n) is 2.02. The molecule has 120 valence electrons. The normalized spacial score (nSPS) is 10.0. The van der Waals surface area contributed by atoms with Crippen LogP contribution < -0.4 is 14.8 Å². The molecule has 0 aliphatic rings. The second kappa shape index (κ2) is 7.98. The molecule has 1 N–H and O–H groups in total. The molecule has 0 aliphatic heterocycles. The maximum absolute atomic E-state index is 12.0. The number of methoxy groups -OCH3 is 1. The molecule has 0 spiro atoms. The van der Waals surface area contributed by atoms with Gasteiger partial charge in [-0.3, -0.25) is 4.79 Å². The van der Waals surface area contributed by atoms with E-state index in [0.29, 0.717) is 17.1 Å². The lowest BCUT2D eigenvalue weighted by atomic mass is 10.2. The number of benzene rings is 2. The molecule has 5 heteroatoms. The quantitative estimate of drug-likeness (QED) is 0.657. The SMILES string of the molecule is CCc1cccc(OC(=O)CNC(=O)c2cccc(OC)c2)c1. The van der Waals surface area contributed by atoms with E-state index in [0.717, 1.165) is 12.0 Å². The number of hydrogen-bond acceptors (Lipinski definition) is 4. The topological polar surface area (TPSA) is 64.6 Å². The summed E-state index contributed by atoms with van der Waals surface area (Å²) in [7, 11) is 1.53. The number of carbonyl (C=O) groups excluding carboxylic acids is 2. The van der Waals surface area contributed by atoms with E-state index < -0.39 is 5.97 Å². The maximum atomic E-state index is 12.0. The molecule has 0 bridgehead atoms. The van der Waals surface area contributed by atoms with Gasteiger partial charge in [-0.2, -0.15) is 0 Å². The first-order valence-corrected chi connectivity index (χ1v) is 7.34. The van der Waals surface area contributed by atoms with E-state index >= 15 is 0 Å². The summed E-state index contributed by atoms with van der Waals surface area (Å²) in [5.41, 5.74) is 1.50. The Morgan fingerprint density at radius 3 is 2.52 bits per heavy atom. The van der Waals surface area contributed by atoms with Crippen LogP contribution in [0.4, 0.5) is 0 Å². The van der Waals surface area contributed by atoms with E-state index in [4.69, 9.17) is 9.47 Å². The number of amides is 1. The third-order valence-corrected chi connectivity index (χ3v) is 3.26. The van der Waals surface area contributed by atoms with E-state index in [1.807, 2.05) is 25.1 Å². The molecule has 0 atom stereocenters. The van der Waals surface area contributed by atoms with E-state index in [2.05, 4.69) is 5.32 Å². The van der Waals surface area contributed by atoms with Crippen molar-refractivity contribution in [2.24, 2.45) is 0 Å². The first-order valence-electron chi connectivity index (χ1n) is 7.34. The van der Waals surface area contributed by atoms with Gasteiger partial charge >= 0.3 is 5.97 Å². The minimum atomic E-state index is -0.519. The number of carbonyl (C=O) groups is 2. The third kappa shape index (κ3) is 4.85. The van der Waals surface area contributed by atoms with Gasteiger partial charge in [0.2, 0.25) is 0 Å². The molecule has 0 aliphatic carbocycles. The summed E-state index contributed by atoms with van der Waals surface area (Å²) in [6, 6.07) is 14.0. The van der Waals surface area contributed by atoms with E-state index in [1.165, 1.54) is 7.11 Å². The number of hydrogen-bond donors (Lipinski definition) is 1. The zero-order chi connectivity index (χ0) is 16.7. The molecular formula is C18H19NO4. The molecule has 0 aromatic heterocycles. The molecule has 0 saturated carbocycles. The Labute approximate surface area is 135 Å². The molecule has 0 heterocycles. The fraction of sp³-hybridized carbons (Fsp3) is 0.222. The van der Waals surface area contributed by atoms with Crippen molar-refractivity contribution in [3.05, 3.63) is 59.7 Å². The highest BCUT2D eigenvalue weighted by atomic mass is 16.5. The van der Waals surface area contributed by atoms with Crippen molar-refractivity contribution in [2.45, 2.75) is 13.3 Å². The molecule has 1 amide bonds. The van der Waals surface area contributed by atoms with Crippen molar-refractivity contribution in [3.8, 4) is 11.5 Å². The summed E-state index contributed by atoms with van der Waals surface area (Å²) >= 11 is 0. The van der Waals surface area contributed by atoms with Crippen molar-refractivity contribution in [3.63, 3.8) is 0 Å². The number of aryl methyl sites for hydroxylation is 1. The number of rotatable bonds is 6. The minimum Gasteiger partial charge on any atom is -0.497 e. The Morgan fingerprint density at radius 1 is 1.04 bits per heavy atom. The Hall–Kier alpha value is -2.82. The Morgan fingerprint density at radius 2 is 1.78 bits per heavy atom. The van der Waals surface area contributed by atoms with Gasteiger partial charge in [0, 0.05) is 5.56 Å². The smallest absolute Gasteiger partial charge is 0.330 e. The van der Waals surface area contributed by atoms with Gasteiger partial charge in [-0.1, -0.05) is 25.1 Å². The molecule has 0 radical (unpaired) electrons. The highest BCUT2D eigenvalue weighted by Crippen LogP contribution is 2.14. The van der Waals surface area contributed by atoms with Gasteiger partial charge < -0.3 is 14.8 Å². The van der Waals surface area contributed by atoms with Crippen molar-refractivity contribution < 1.29 is 19.1 Å². The summed E-state index contributed by atoms with van der Waals surface area (Å²) in [5, 5.41) is 2.53. The largest absolute Gasteiger partial charge is 0.497 e. The highest BCUT2D eigenvalue weighted by molar-refractivity contribution is 5.96. The molecule has 2 rings (SSSR count). The van der Waals surface area contributed by atoms with Crippen molar-refractivity contribution in [1.82, 2.24) is 5.32 Å². The van der Waals surface area contributed by atoms with Gasteiger partial charge in [-0.25, -0.2) is 4.79 Å². The highest BCUT2D eigenvalue weighted by Gasteiger charge is 2.10. The van der Waals surface area contributed by atoms with Crippen LogP contribution in [-0.2, 0) is 11.2 Å². The number of ether oxygens (including phenoxy) is 2. The molecule has 5 nitrogen and oxygen atoms in total. The molecule has 2 aromatic rings. The summed E-state index contributed by atoms with van der Waals surface area (Å²) in [5.74, 6) is 0.180. The molecule has 0 saturated heterocycles. The fourth-order valence-corrected chi connectivity index (χ4v) is 2.02. The second-order valence-electron chi connectivity index (χ2n) is 4.89. The van der Waals surface area contributed by atoms with Crippen molar-refractivity contribution >= 4 is 11.9 Å². The minimum absolute atomic E-state index is 0.202. The lowest BCUT2D eigenvalue weighted by Crippen LogP contribution is -2.31. The third-order valence-electron chi connectivity index (χ3n) is 3.26. The predicted octanol–water partition coefficient (Wildman–Crippen LogP) is 2.59. The first kappa shape index (κ1) is 16.5. The Balaban J connectivity index is 1.89. The van der Waals surface area contributed by atoms with E-state index in [1.54, 1.807) is 30.3 Å². The van der Waals surface area contributed by atoms with E-state index in [-0.39, 0.29) is 12.5 Å². The Bertz CT molecular complexity index is 697. The predicted molar refractivity (Wildman–Crippen MR) is 86.8 cm³/mol. The van der Waals surface area contributed by atoms with Crippen molar-refractivity contribution in [1.29, 1.82) is 0 Å². The average molecular weight is 313 g/mol. The zero-order valence-electron chi connectivity index (χ0n) is 13.2. The first-order chi connectivity index (χ1) is 11.1. The van der Waals surface area contributed by atoms with Crippen LogP contribution in [0.3, 0.4) is 0 Å². The summed E-state index contributed by atoms with van der Waals surface area (Å²) < 4.78 is 10.3. The lowest BCUT2D eigenvalue weighted by molar-refractivity contribution is -0.133. The van der Waals surface area contributed by atoms with Crippen LogP contribution in [0.15, 0.2) is 48.5 Å². The molecule has 0 fully saturated rings. The van der Waals surface area contributed by atoms with Gasteiger partial charge in [-0.05, 0) is 42.3 Å². The van der Waals surface area contributed by atoms with E-state index in [9.17, 15) is 9.59 Å². The number of esters is 1. The van der Waals surface area contributed by atoms with Gasteiger partial charge in [0.05, 0.1) is 7.11 Å². The molecular weight excluding hydrogens is 294 g/mol. The number of nitrogens with one attached hydrogen (secondary N) is 1. The van der Waals surface area contributed by atoms with Crippen LogP contribution in [0.1, 0.15) is 22.8 Å². The average Bonchev–Trinajstić information content (AvgIpc) is 2.59. The summed E-state index contributed by atoms with van der Waals surface area (Å²) in [6.07, 6.45) is 0.859. The zero-order valence-corrected chi connectivity index (χ0v) is 13.2. The van der Waals surface area contributed by atoms with Gasteiger partial charge in [-0.15, -0.1) is 0 Å². The monoisotopic (exact) mass is 313 g/mol. The maximum Gasteiger partial charge on any atom is 0.330 e. The van der Waals surface area contributed by atoms with Gasteiger partial charge in [0.25, 0.3) is 5.91 Å². The standard InChI is InChI=1S/C18H19NO4/c1-3-13-6-4-9-16(10-13)23-17(20)12-19-18(21)14-7-5-8-15(11-14)22-2/h4-11H,3,12H2,1-2H3,(H,19,21). The molecule has 2 aromatic carbocycles. The van der Waals surface area contributed by atoms with Crippen LogP contribution in [0.2, 0.25) is 0 Å². The summed E-state index contributed by atoms with van der Waals surface area (Å²) in [4.78, 5) is 23.8. The Kier molecular flexibility index (Phi) is 5.74. The van der Waals surface area contributed by atoms with Crippen LogP contribution >= 0.6 is 0 Å². The molecule has 0 unspecified atom stereocenters. The summed E-state index contributed by atoms with van der Waals surface area (Å²) in [6.45, 7) is 1.82. The lowest BCUT2D eigenvalue weighted by Gasteiger charge is -2.08. The van der Waals surface area contributed by atoms with Crippen LogP contribution in [0.5, 0.6) is 11.5 Å². The molecule has 23 heavy (non-hydrogen) atoms. The van der Waals surface area contributed by atoms with Crippen LogP contribution in [0, 0.1) is 0 Å². The van der Waals surface area contributed by atoms with Crippen LogP contribution in [0.25, 0.3) is 0 Å². The van der Waals surface area contributed by atoms with Gasteiger partial charge in [0.1, 0.15) is 18.0 Å².